The molecule has 0 saturated heterocycles. The third kappa shape index (κ3) is 4.54. The molecule has 1 unspecified atom stereocenters. The summed E-state index contributed by atoms with van der Waals surface area (Å²) < 4.78 is -1.31. The number of nitrogens with zero attached hydrogens (tertiary/aromatic N) is 1. The molecule has 0 saturated carbocycles. The highest BCUT2D eigenvalue weighted by Gasteiger charge is 2.28. The van der Waals surface area contributed by atoms with E-state index in [0.717, 1.165) is 0 Å². The van der Waals surface area contributed by atoms with E-state index < -0.39 is 9.71 Å². The first-order valence-corrected chi connectivity index (χ1v) is 6.04. The predicted octanol–water partition coefficient (Wildman–Crippen LogP) is 3.20. The Morgan fingerprint density at radius 1 is 1.41 bits per heavy atom. The van der Waals surface area contributed by atoms with E-state index in [1.54, 1.807) is 31.2 Å². The van der Waals surface area contributed by atoms with Gasteiger partial charge in [0.05, 0.1) is 11.6 Å². The van der Waals surface area contributed by atoms with Crippen LogP contribution >= 0.6 is 34.8 Å². The Labute approximate surface area is 115 Å². The average molecular weight is 294 g/mol. The lowest BCUT2D eigenvalue weighted by atomic mass is 10.2. The molecule has 1 N–H and O–H groups in total. The summed E-state index contributed by atoms with van der Waals surface area (Å²) in [6, 6.07) is 8.67. The Kier molecular flexibility index (Phi) is 5.25. The van der Waals surface area contributed by atoms with Crippen LogP contribution in [0, 0.1) is 0 Å². The van der Waals surface area contributed by atoms with Gasteiger partial charge in [-0.05, 0) is 19.1 Å². The first-order valence-electron chi connectivity index (χ1n) is 4.85. The van der Waals surface area contributed by atoms with Crippen LogP contribution in [-0.2, 0) is 0 Å². The standard InChI is InChI=1S/C11H11Cl3N2O/c1-8(12)11(13,14)7-15-16-10(17)9-5-3-2-4-6-9/h2-8H,1H3,(H,16,17)/b15-7-. The maximum absolute atomic E-state index is 11.6. The van der Waals surface area contributed by atoms with Crippen LogP contribution in [0.1, 0.15) is 17.3 Å². The Morgan fingerprint density at radius 2 is 2.00 bits per heavy atom. The molecule has 0 radical (unpaired) electrons. The summed E-state index contributed by atoms with van der Waals surface area (Å²) in [5, 5.41) is 3.14. The van der Waals surface area contributed by atoms with Gasteiger partial charge in [0.25, 0.3) is 5.91 Å². The van der Waals surface area contributed by atoms with Gasteiger partial charge in [0.2, 0.25) is 0 Å². The summed E-state index contributed by atoms with van der Waals surface area (Å²) in [4.78, 5) is 11.6. The molecule has 1 amide bonds. The van der Waals surface area contributed by atoms with Crippen LogP contribution in [0.4, 0.5) is 0 Å². The zero-order chi connectivity index (χ0) is 12.9. The molecule has 0 aliphatic carbocycles. The largest absolute Gasteiger partial charge is 0.271 e. The SMILES string of the molecule is CC(Cl)C(Cl)(Cl)/C=N\NC(=O)c1ccccc1. The average Bonchev–Trinajstić information content (AvgIpc) is 2.29. The van der Waals surface area contributed by atoms with E-state index in [-0.39, 0.29) is 5.91 Å². The molecule has 0 aliphatic rings. The highest BCUT2D eigenvalue weighted by Crippen LogP contribution is 2.26. The number of hydrogen-bond donors (Lipinski definition) is 1. The summed E-state index contributed by atoms with van der Waals surface area (Å²) in [5.74, 6) is -0.340. The van der Waals surface area contributed by atoms with Crippen LogP contribution in [0.25, 0.3) is 0 Å². The molecular formula is C11H11Cl3N2O. The Hall–Kier alpha value is -0.770. The van der Waals surface area contributed by atoms with E-state index in [1.165, 1.54) is 6.21 Å². The third-order valence-electron chi connectivity index (χ3n) is 1.97. The summed E-state index contributed by atoms with van der Waals surface area (Å²) in [6.07, 6.45) is 1.19. The van der Waals surface area contributed by atoms with Crippen molar-refractivity contribution in [3.05, 3.63) is 35.9 Å². The topological polar surface area (TPSA) is 41.5 Å². The summed E-state index contributed by atoms with van der Waals surface area (Å²) in [5.41, 5.74) is 2.81. The van der Waals surface area contributed by atoms with Crippen LogP contribution in [-0.4, -0.2) is 21.8 Å². The van der Waals surface area contributed by atoms with E-state index in [1.807, 2.05) is 6.07 Å². The van der Waals surface area contributed by atoms with Crippen molar-refractivity contribution in [2.75, 3.05) is 0 Å². The second-order valence-corrected chi connectivity index (χ2v) is 5.45. The number of halogens is 3. The van der Waals surface area contributed by atoms with Gasteiger partial charge in [-0.2, -0.15) is 5.10 Å². The van der Waals surface area contributed by atoms with E-state index in [9.17, 15) is 4.79 Å². The zero-order valence-corrected chi connectivity index (χ0v) is 11.3. The van der Waals surface area contributed by atoms with Crippen LogP contribution in [0.2, 0.25) is 0 Å². The Morgan fingerprint density at radius 3 is 2.53 bits per heavy atom. The smallest absolute Gasteiger partial charge is 0.267 e. The molecule has 1 atom stereocenters. The van der Waals surface area contributed by atoms with Crippen molar-refractivity contribution in [3.63, 3.8) is 0 Å². The lowest BCUT2D eigenvalue weighted by molar-refractivity contribution is 0.0955. The lowest BCUT2D eigenvalue weighted by Crippen LogP contribution is -2.28. The minimum Gasteiger partial charge on any atom is -0.267 e. The second-order valence-electron chi connectivity index (χ2n) is 3.36. The predicted molar refractivity (Wildman–Crippen MR) is 72.2 cm³/mol. The molecule has 17 heavy (non-hydrogen) atoms. The number of benzene rings is 1. The number of nitrogens with one attached hydrogen (secondary N) is 1. The van der Waals surface area contributed by atoms with Crippen molar-refractivity contribution < 1.29 is 4.79 Å². The maximum atomic E-state index is 11.6. The van der Waals surface area contributed by atoms with E-state index in [4.69, 9.17) is 34.8 Å². The molecule has 0 bridgehead atoms. The third-order valence-corrected chi connectivity index (χ3v) is 3.39. The lowest BCUT2D eigenvalue weighted by Gasteiger charge is -2.15. The van der Waals surface area contributed by atoms with Crippen molar-refractivity contribution in [1.29, 1.82) is 0 Å². The van der Waals surface area contributed by atoms with Gasteiger partial charge in [0.15, 0.2) is 4.33 Å². The highest BCUT2D eigenvalue weighted by molar-refractivity contribution is 6.59. The monoisotopic (exact) mass is 292 g/mol. The molecule has 6 heteroatoms. The summed E-state index contributed by atoms with van der Waals surface area (Å²) in [7, 11) is 0. The number of hydrogen-bond acceptors (Lipinski definition) is 2. The Bertz CT molecular complexity index is 404. The number of rotatable bonds is 4. The molecular weight excluding hydrogens is 282 g/mol. The van der Waals surface area contributed by atoms with E-state index in [0.29, 0.717) is 5.56 Å². The number of carbonyl (C=O) groups excluding carboxylic acids is 1. The molecule has 0 heterocycles. The van der Waals surface area contributed by atoms with Crippen molar-refractivity contribution in [1.82, 2.24) is 5.43 Å². The van der Waals surface area contributed by atoms with Crippen LogP contribution < -0.4 is 5.43 Å². The molecule has 0 aromatic heterocycles. The van der Waals surface area contributed by atoms with Crippen molar-refractivity contribution in [3.8, 4) is 0 Å². The van der Waals surface area contributed by atoms with Crippen molar-refractivity contribution in [2.45, 2.75) is 16.6 Å². The van der Waals surface area contributed by atoms with Gasteiger partial charge in [-0.1, -0.05) is 41.4 Å². The van der Waals surface area contributed by atoms with E-state index >= 15 is 0 Å². The first-order chi connectivity index (χ1) is 7.93. The minimum atomic E-state index is -1.31. The number of hydrazone groups is 1. The molecule has 0 aliphatic heterocycles. The fourth-order valence-corrected chi connectivity index (χ4v) is 1.09. The van der Waals surface area contributed by atoms with Crippen LogP contribution in [0.5, 0.6) is 0 Å². The van der Waals surface area contributed by atoms with Gasteiger partial charge in [0.1, 0.15) is 0 Å². The fourth-order valence-electron chi connectivity index (χ4n) is 0.934. The summed E-state index contributed by atoms with van der Waals surface area (Å²) >= 11 is 17.4. The quantitative estimate of drug-likeness (QED) is 0.517. The van der Waals surface area contributed by atoms with Gasteiger partial charge in [-0.25, -0.2) is 5.43 Å². The Balaban J connectivity index is 2.58. The highest BCUT2D eigenvalue weighted by atomic mass is 35.5. The molecule has 3 nitrogen and oxygen atoms in total. The first kappa shape index (κ1) is 14.3. The van der Waals surface area contributed by atoms with E-state index in [2.05, 4.69) is 10.5 Å². The second kappa shape index (κ2) is 6.24. The number of carbonyl (C=O) groups is 1. The van der Waals surface area contributed by atoms with Gasteiger partial charge in [0, 0.05) is 5.56 Å². The minimum absolute atomic E-state index is 0.340. The van der Waals surface area contributed by atoms with Gasteiger partial charge >= 0.3 is 0 Å². The molecule has 92 valence electrons. The van der Waals surface area contributed by atoms with Crippen molar-refractivity contribution >= 4 is 46.9 Å². The molecule has 0 spiro atoms. The summed E-state index contributed by atoms with van der Waals surface area (Å²) in [6.45, 7) is 1.63. The number of amides is 1. The van der Waals surface area contributed by atoms with Crippen LogP contribution in [0.3, 0.4) is 0 Å². The number of alkyl halides is 3. The molecule has 1 rings (SSSR count). The van der Waals surface area contributed by atoms with Gasteiger partial charge < -0.3 is 0 Å². The fraction of sp³-hybridized carbons (Fsp3) is 0.273. The molecule has 1 aromatic rings. The maximum Gasteiger partial charge on any atom is 0.271 e. The van der Waals surface area contributed by atoms with Gasteiger partial charge in [-0.15, -0.1) is 11.6 Å². The van der Waals surface area contributed by atoms with Crippen molar-refractivity contribution in [2.24, 2.45) is 5.10 Å². The van der Waals surface area contributed by atoms with Gasteiger partial charge in [-0.3, -0.25) is 4.79 Å². The molecule has 0 fully saturated rings. The molecule has 1 aromatic carbocycles. The zero-order valence-electron chi connectivity index (χ0n) is 9.03. The van der Waals surface area contributed by atoms with Crippen LogP contribution in [0.15, 0.2) is 35.4 Å². The normalized spacial score (nSPS) is 13.6.